The summed E-state index contributed by atoms with van der Waals surface area (Å²) in [7, 11) is 0. The van der Waals surface area contributed by atoms with Crippen LogP contribution in [0, 0.1) is 6.92 Å². The van der Waals surface area contributed by atoms with Crippen molar-refractivity contribution in [3.05, 3.63) is 21.9 Å². The second kappa shape index (κ2) is 5.32. The molecule has 0 spiro atoms. The zero-order valence-electron chi connectivity index (χ0n) is 11.6. The molecule has 2 atom stereocenters. The van der Waals surface area contributed by atoms with Crippen LogP contribution in [0.1, 0.15) is 37.3 Å². The van der Waals surface area contributed by atoms with Gasteiger partial charge in [0.15, 0.2) is 0 Å². The maximum absolute atomic E-state index is 2.73. The molecule has 0 saturated carbocycles. The molecule has 2 saturated heterocycles. The van der Waals surface area contributed by atoms with Gasteiger partial charge in [0, 0.05) is 31.7 Å². The van der Waals surface area contributed by atoms with Gasteiger partial charge in [-0.3, -0.25) is 9.80 Å². The molecule has 0 aliphatic carbocycles. The van der Waals surface area contributed by atoms with E-state index in [1.54, 1.807) is 0 Å². The molecule has 18 heavy (non-hydrogen) atoms. The molecule has 0 radical (unpaired) electrons. The largest absolute Gasteiger partial charge is 0.298 e. The Kier molecular flexibility index (Phi) is 3.73. The van der Waals surface area contributed by atoms with Crippen LogP contribution in [0.25, 0.3) is 0 Å². The van der Waals surface area contributed by atoms with E-state index in [2.05, 4.69) is 34.4 Å². The Morgan fingerprint density at radius 1 is 1.28 bits per heavy atom. The molecule has 0 N–H and O–H groups in total. The summed E-state index contributed by atoms with van der Waals surface area (Å²) in [5.74, 6) is 0. The molecule has 3 rings (SSSR count). The molecule has 0 aromatic carbocycles. The predicted molar refractivity (Wildman–Crippen MR) is 78.1 cm³/mol. The Morgan fingerprint density at radius 3 is 2.94 bits per heavy atom. The minimum atomic E-state index is 0.707. The fourth-order valence-electron chi connectivity index (χ4n) is 3.40. The van der Waals surface area contributed by atoms with Gasteiger partial charge >= 0.3 is 0 Å². The van der Waals surface area contributed by atoms with Crippen LogP contribution in [0.2, 0.25) is 0 Å². The van der Waals surface area contributed by atoms with Crippen molar-refractivity contribution in [2.75, 3.05) is 19.6 Å². The Bertz CT molecular complexity index is 401. The molecule has 100 valence electrons. The van der Waals surface area contributed by atoms with Crippen LogP contribution in [0.3, 0.4) is 0 Å². The maximum atomic E-state index is 2.73. The third kappa shape index (κ3) is 2.49. The van der Waals surface area contributed by atoms with Gasteiger partial charge in [-0.25, -0.2) is 0 Å². The van der Waals surface area contributed by atoms with Crippen LogP contribution in [0.5, 0.6) is 0 Å². The number of nitrogens with zero attached hydrogens (tertiary/aromatic N) is 2. The fraction of sp³-hybridized carbons (Fsp3) is 0.733. The molecule has 1 aromatic heterocycles. The highest BCUT2D eigenvalue weighted by Crippen LogP contribution is 2.26. The van der Waals surface area contributed by atoms with E-state index in [0.717, 1.165) is 12.6 Å². The van der Waals surface area contributed by atoms with Crippen molar-refractivity contribution >= 4 is 11.3 Å². The highest BCUT2D eigenvalue weighted by atomic mass is 32.1. The van der Waals surface area contributed by atoms with Crippen LogP contribution in [0.15, 0.2) is 10.8 Å². The van der Waals surface area contributed by atoms with Gasteiger partial charge in [-0.2, -0.15) is 11.3 Å². The predicted octanol–water partition coefficient (Wildman–Crippen LogP) is 3.12. The standard InChI is InChI=1S/C15H24N2S/c1-12-10-18-11-14(12)8-17-9-15-5-3-4-6-16(15)7-13(17)2/h10-11,13,15H,3-9H2,1-2H3. The van der Waals surface area contributed by atoms with Gasteiger partial charge in [0.25, 0.3) is 0 Å². The molecular formula is C15H24N2S. The van der Waals surface area contributed by atoms with Crippen molar-refractivity contribution in [2.45, 2.75) is 51.7 Å². The summed E-state index contributed by atoms with van der Waals surface area (Å²) in [6.45, 7) is 9.67. The Balaban J connectivity index is 1.67. The van der Waals surface area contributed by atoms with Gasteiger partial charge < -0.3 is 0 Å². The summed E-state index contributed by atoms with van der Waals surface area (Å²) < 4.78 is 0. The lowest BCUT2D eigenvalue weighted by molar-refractivity contribution is 0.0110. The first kappa shape index (κ1) is 12.6. The van der Waals surface area contributed by atoms with Crippen LogP contribution in [-0.4, -0.2) is 41.5 Å². The van der Waals surface area contributed by atoms with Crippen molar-refractivity contribution in [1.82, 2.24) is 9.80 Å². The first-order valence-corrected chi connectivity index (χ1v) is 8.18. The Labute approximate surface area is 115 Å². The SMILES string of the molecule is Cc1cscc1CN1CC2CCCCN2CC1C. The highest BCUT2D eigenvalue weighted by Gasteiger charge is 2.32. The second-order valence-corrected chi connectivity index (χ2v) is 6.75. The molecule has 3 heterocycles. The van der Waals surface area contributed by atoms with Crippen LogP contribution < -0.4 is 0 Å². The summed E-state index contributed by atoms with van der Waals surface area (Å²) in [6, 6.07) is 1.53. The number of piperidine rings is 1. The summed E-state index contributed by atoms with van der Waals surface area (Å²) in [5, 5.41) is 4.60. The third-order valence-electron chi connectivity index (χ3n) is 4.65. The topological polar surface area (TPSA) is 6.48 Å². The monoisotopic (exact) mass is 264 g/mol. The fourth-order valence-corrected chi connectivity index (χ4v) is 4.25. The summed E-state index contributed by atoms with van der Waals surface area (Å²) in [6.07, 6.45) is 4.25. The molecule has 0 bridgehead atoms. The second-order valence-electron chi connectivity index (χ2n) is 6.00. The van der Waals surface area contributed by atoms with E-state index in [1.807, 2.05) is 11.3 Å². The maximum Gasteiger partial charge on any atom is 0.0248 e. The van der Waals surface area contributed by atoms with Crippen LogP contribution in [0.4, 0.5) is 0 Å². The summed E-state index contributed by atoms with van der Waals surface area (Å²) in [4.78, 5) is 5.42. The van der Waals surface area contributed by atoms with E-state index in [9.17, 15) is 0 Å². The normalized spacial score (nSPS) is 30.3. The zero-order chi connectivity index (χ0) is 12.5. The number of rotatable bonds is 2. The summed E-state index contributed by atoms with van der Waals surface area (Å²) >= 11 is 1.84. The lowest BCUT2D eigenvalue weighted by Crippen LogP contribution is -2.58. The van der Waals surface area contributed by atoms with Crippen LogP contribution >= 0.6 is 11.3 Å². The molecule has 2 aliphatic rings. The molecule has 2 fully saturated rings. The first-order valence-electron chi connectivity index (χ1n) is 7.24. The van der Waals surface area contributed by atoms with E-state index in [1.165, 1.54) is 50.0 Å². The van der Waals surface area contributed by atoms with Crippen molar-refractivity contribution in [3.63, 3.8) is 0 Å². The molecule has 2 unspecified atom stereocenters. The van der Waals surface area contributed by atoms with E-state index in [-0.39, 0.29) is 0 Å². The molecule has 0 amide bonds. The third-order valence-corrected chi connectivity index (χ3v) is 5.56. The van der Waals surface area contributed by atoms with Crippen LogP contribution in [-0.2, 0) is 6.54 Å². The van der Waals surface area contributed by atoms with Crippen molar-refractivity contribution in [2.24, 2.45) is 0 Å². The van der Waals surface area contributed by atoms with E-state index >= 15 is 0 Å². The number of piperazine rings is 1. The quantitative estimate of drug-likeness (QED) is 0.810. The van der Waals surface area contributed by atoms with Crippen molar-refractivity contribution in [1.29, 1.82) is 0 Å². The molecule has 3 heteroatoms. The van der Waals surface area contributed by atoms with Gasteiger partial charge in [0.05, 0.1) is 0 Å². The Morgan fingerprint density at radius 2 is 2.17 bits per heavy atom. The van der Waals surface area contributed by atoms with Crippen molar-refractivity contribution < 1.29 is 0 Å². The van der Waals surface area contributed by atoms with E-state index in [4.69, 9.17) is 0 Å². The van der Waals surface area contributed by atoms with Gasteiger partial charge in [-0.1, -0.05) is 6.42 Å². The highest BCUT2D eigenvalue weighted by molar-refractivity contribution is 7.08. The average Bonchev–Trinajstić information content (AvgIpc) is 2.76. The van der Waals surface area contributed by atoms with Gasteiger partial charge in [-0.05, 0) is 55.1 Å². The average molecular weight is 264 g/mol. The van der Waals surface area contributed by atoms with E-state index < -0.39 is 0 Å². The lowest BCUT2D eigenvalue weighted by atomic mass is 9.97. The molecular weight excluding hydrogens is 240 g/mol. The van der Waals surface area contributed by atoms with E-state index in [0.29, 0.717) is 6.04 Å². The molecule has 2 nitrogen and oxygen atoms in total. The minimum absolute atomic E-state index is 0.707. The number of hydrogen-bond acceptors (Lipinski definition) is 3. The van der Waals surface area contributed by atoms with Gasteiger partial charge in [0.2, 0.25) is 0 Å². The summed E-state index contributed by atoms with van der Waals surface area (Å²) in [5.41, 5.74) is 3.01. The number of thiophene rings is 1. The number of fused-ring (bicyclic) bond motifs is 1. The molecule has 1 aromatic rings. The lowest BCUT2D eigenvalue weighted by Gasteiger charge is -2.47. The Hall–Kier alpha value is -0.380. The minimum Gasteiger partial charge on any atom is -0.298 e. The smallest absolute Gasteiger partial charge is 0.0248 e. The van der Waals surface area contributed by atoms with Gasteiger partial charge in [-0.15, -0.1) is 0 Å². The van der Waals surface area contributed by atoms with Gasteiger partial charge in [0.1, 0.15) is 0 Å². The zero-order valence-corrected chi connectivity index (χ0v) is 12.4. The number of aryl methyl sites for hydroxylation is 1. The molecule has 2 aliphatic heterocycles. The van der Waals surface area contributed by atoms with Crippen molar-refractivity contribution in [3.8, 4) is 0 Å². The number of hydrogen-bond donors (Lipinski definition) is 0. The first-order chi connectivity index (χ1) is 8.74.